The third kappa shape index (κ3) is 5.32. The van der Waals surface area contributed by atoms with Crippen molar-refractivity contribution in [3.8, 4) is 5.75 Å². The van der Waals surface area contributed by atoms with Crippen molar-refractivity contribution in [2.75, 3.05) is 20.6 Å². The summed E-state index contributed by atoms with van der Waals surface area (Å²) in [6, 6.07) is 11.5. The quantitative estimate of drug-likeness (QED) is 0.699. The number of nitrogens with zero attached hydrogens (tertiary/aromatic N) is 2. The van der Waals surface area contributed by atoms with E-state index in [1.807, 2.05) is 38.5 Å². The number of hydrogen-bond acceptors (Lipinski definition) is 4. The highest BCUT2D eigenvalue weighted by molar-refractivity contribution is 5.77. The number of hydrogen-bond donors (Lipinski definition) is 2. The molecule has 0 bridgehead atoms. The van der Waals surface area contributed by atoms with Crippen LogP contribution in [0.3, 0.4) is 0 Å². The lowest BCUT2D eigenvalue weighted by molar-refractivity contribution is -0.122. The number of amides is 1. The predicted octanol–water partition coefficient (Wildman–Crippen LogP) is 3.35. The van der Waals surface area contributed by atoms with Crippen molar-refractivity contribution in [1.82, 2.24) is 15.2 Å². The largest absolute Gasteiger partial charge is 0.508 e. The van der Waals surface area contributed by atoms with Crippen molar-refractivity contribution in [2.45, 2.75) is 44.6 Å². The average molecular weight is 382 g/mol. The molecule has 5 nitrogen and oxygen atoms in total. The Morgan fingerprint density at radius 1 is 1.25 bits per heavy atom. The van der Waals surface area contributed by atoms with E-state index in [-0.39, 0.29) is 29.0 Å². The number of aromatic hydroxyl groups is 1. The summed E-state index contributed by atoms with van der Waals surface area (Å²) >= 11 is 0. The second kappa shape index (κ2) is 8.74. The van der Waals surface area contributed by atoms with Crippen LogP contribution in [0, 0.1) is 5.41 Å². The molecule has 0 saturated heterocycles. The van der Waals surface area contributed by atoms with Crippen molar-refractivity contribution in [1.29, 1.82) is 0 Å². The van der Waals surface area contributed by atoms with Crippen molar-refractivity contribution < 1.29 is 9.90 Å². The summed E-state index contributed by atoms with van der Waals surface area (Å²) in [6.45, 7) is 2.87. The number of benzene rings is 1. The van der Waals surface area contributed by atoms with Crippen LogP contribution in [0.5, 0.6) is 5.75 Å². The average Bonchev–Trinajstić information content (AvgIpc) is 3.43. The van der Waals surface area contributed by atoms with E-state index in [9.17, 15) is 9.90 Å². The summed E-state index contributed by atoms with van der Waals surface area (Å²) in [5.74, 6) is 0.587. The van der Waals surface area contributed by atoms with Gasteiger partial charge in [0.15, 0.2) is 0 Å². The van der Waals surface area contributed by atoms with Crippen LogP contribution in [0.1, 0.15) is 43.2 Å². The zero-order valence-corrected chi connectivity index (χ0v) is 17.1. The van der Waals surface area contributed by atoms with E-state index in [0.29, 0.717) is 13.0 Å². The molecule has 1 amide bonds. The molecular weight excluding hydrogens is 350 g/mol. The zero-order valence-electron chi connectivity index (χ0n) is 17.1. The van der Waals surface area contributed by atoms with Crippen molar-refractivity contribution in [2.24, 2.45) is 5.41 Å². The van der Waals surface area contributed by atoms with Crippen molar-refractivity contribution in [3.05, 3.63) is 59.9 Å². The summed E-state index contributed by atoms with van der Waals surface area (Å²) < 4.78 is 0. The second-order valence-electron chi connectivity index (χ2n) is 8.49. The van der Waals surface area contributed by atoms with Gasteiger partial charge in [-0.05, 0) is 74.0 Å². The maximum atomic E-state index is 12.7. The van der Waals surface area contributed by atoms with Gasteiger partial charge in [0.1, 0.15) is 5.75 Å². The van der Waals surface area contributed by atoms with Crippen LogP contribution in [0.15, 0.2) is 48.8 Å². The van der Waals surface area contributed by atoms with Gasteiger partial charge in [0.2, 0.25) is 5.91 Å². The first kappa shape index (κ1) is 20.3. The highest BCUT2D eigenvalue weighted by atomic mass is 16.3. The number of likely N-dealkylation sites (N-methyl/N-ethyl adjacent to an activating group) is 1. The number of aromatic nitrogens is 1. The summed E-state index contributed by atoms with van der Waals surface area (Å²) in [5.41, 5.74) is 2.52. The second-order valence-corrected chi connectivity index (χ2v) is 8.49. The minimum absolute atomic E-state index is 0.0968. The van der Waals surface area contributed by atoms with Gasteiger partial charge in [0, 0.05) is 31.4 Å². The van der Waals surface area contributed by atoms with Gasteiger partial charge >= 0.3 is 0 Å². The van der Waals surface area contributed by atoms with Crippen molar-refractivity contribution >= 4 is 5.91 Å². The van der Waals surface area contributed by atoms with Gasteiger partial charge in [-0.3, -0.25) is 9.78 Å². The van der Waals surface area contributed by atoms with Gasteiger partial charge in [-0.1, -0.05) is 25.1 Å². The molecule has 0 aliphatic heterocycles. The summed E-state index contributed by atoms with van der Waals surface area (Å²) in [4.78, 5) is 19.1. The summed E-state index contributed by atoms with van der Waals surface area (Å²) in [7, 11) is 4.06. The number of phenols is 1. The zero-order chi connectivity index (χ0) is 20.1. The Balaban J connectivity index is 1.58. The number of carbonyl (C=O) groups is 1. The van der Waals surface area contributed by atoms with Gasteiger partial charge in [0.25, 0.3) is 0 Å². The molecule has 5 heteroatoms. The SMILES string of the molecule is CN(C)[C@H](CNC(=O)C[C@H](c1cccnc1)C1(C)CC1)Cc1ccc(O)cc1. The Kier molecular flexibility index (Phi) is 6.35. The highest BCUT2D eigenvalue weighted by Gasteiger charge is 2.46. The van der Waals surface area contributed by atoms with Crippen LogP contribution in [0.4, 0.5) is 0 Å². The third-order valence-corrected chi connectivity index (χ3v) is 6.03. The van der Waals surface area contributed by atoms with Gasteiger partial charge < -0.3 is 15.3 Å². The molecule has 3 rings (SSSR count). The van der Waals surface area contributed by atoms with Crippen LogP contribution < -0.4 is 5.32 Å². The maximum absolute atomic E-state index is 12.7. The van der Waals surface area contributed by atoms with E-state index in [0.717, 1.165) is 17.5 Å². The fourth-order valence-electron chi connectivity index (χ4n) is 3.72. The first-order valence-corrected chi connectivity index (χ1v) is 9.98. The molecule has 1 aromatic carbocycles. The lowest BCUT2D eigenvalue weighted by atomic mass is 9.82. The predicted molar refractivity (Wildman–Crippen MR) is 111 cm³/mol. The normalized spacial score (nSPS) is 17.1. The molecule has 150 valence electrons. The molecule has 2 aromatic rings. The van der Waals surface area contributed by atoms with Crippen LogP contribution >= 0.6 is 0 Å². The third-order valence-electron chi connectivity index (χ3n) is 6.03. The van der Waals surface area contributed by atoms with E-state index in [1.54, 1.807) is 18.3 Å². The van der Waals surface area contributed by atoms with E-state index in [1.165, 1.54) is 12.8 Å². The number of rotatable bonds is 9. The Bertz CT molecular complexity index is 770. The summed E-state index contributed by atoms with van der Waals surface area (Å²) in [5, 5.41) is 12.6. The number of nitrogens with one attached hydrogen (secondary N) is 1. The standard InChI is InChI=1S/C23H31N3O2/c1-23(10-11-23)21(18-5-4-12-24-15-18)14-22(28)25-16-19(26(2)3)13-17-6-8-20(27)9-7-17/h4-9,12,15,19,21,27H,10-11,13-14,16H2,1-3H3,(H,25,28)/t19-,21+/m0/s1. The Labute approximate surface area is 167 Å². The molecule has 1 aliphatic rings. The van der Waals surface area contributed by atoms with Crippen LogP contribution in [0.25, 0.3) is 0 Å². The number of pyridine rings is 1. The Morgan fingerprint density at radius 3 is 2.54 bits per heavy atom. The molecule has 1 heterocycles. The molecule has 1 fully saturated rings. The molecule has 0 radical (unpaired) electrons. The molecule has 1 aromatic heterocycles. The minimum atomic E-state index is 0.0968. The molecule has 2 atom stereocenters. The van der Waals surface area contributed by atoms with E-state index in [2.05, 4.69) is 28.2 Å². The van der Waals surface area contributed by atoms with Crippen LogP contribution in [0.2, 0.25) is 0 Å². The lowest BCUT2D eigenvalue weighted by Gasteiger charge is -2.27. The smallest absolute Gasteiger partial charge is 0.220 e. The lowest BCUT2D eigenvalue weighted by Crippen LogP contribution is -2.42. The first-order valence-electron chi connectivity index (χ1n) is 9.98. The van der Waals surface area contributed by atoms with E-state index in [4.69, 9.17) is 0 Å². The molecule has 28 heavy (non-hydrogen) atoms. The fraction of sp³-hybridized carbons (Fsp3) is 0.478. The van der Waals surface area contributed by atoms with Crippen LogP contribution in [-0.2, 0) is 11.2 Å². The van der Waals surface area contributed by atoms with Gasteiger partial charge in [-0.15, -0.1) is 0 Å². The number of phenolic OH excluding ortho intramolecular Hbond substituents is 1. The Morgan fingerprint density at radius 2 is 1.96 bits per heavy atom. The van der Waals surface area contributed by atoms with Gasteiger partial charge in [-0.2, -0.15) is 0 Å². The molecule has 0 spiro atoms. The van der Waals surface area contributed by atoms with E-state index >= 15 is 0 Å². The molecule has 2 N–H and O–H groups in total. The fourth-order valence-corrected chi connectivity index (χ4v) is 3.72. The minimum Gasteiger partial charge on any atom is -0.508 e. The molecule has 1 saturated carbocycles. The van der Waals surface area contributed by atoms with Gasteiger partial charge in [0.05, 0.1) is 0 Å². The van der Waals surface area contributed by atoms with Crippen LogP contribution in [-0.4, -0.2) is 47.6 Å². The Hall–Kier alpha value is -2.40. The molecule has 0 unspecified atom stereocenters. The topological polar surface area (TPSA) is 65.5 Å². The molecular formula is C23H31N3O2. The monoisotopic (exact) mass is 381 g/mol. The van der Waals surface area contributed by atoms with Gasteiger partial charge in [-0.25, -0.2) is 0 Å². The van der Waals surface area contributed by atoms with Crippen molar-refractivity contribution in [3.63, 3.8) is 0 Å². The number of carbonyl (C=O) groups excluding carboxylic acids is 1. The highest BCUT2D eigenvalue weighted by Crippen LogP contribution is 2.56. The molecule has 1 aliphatic carbocycles. The van der Waals surface area contributed by atoms with E-state index < -0.39 is 0 Å². The summed E-state index contributed by atoms with van der Waals surface area (Å²) in [6.07, 6.45) is 7.33. The first-order chi connectivity index (χ1) is 13.4. The maximum Gasteiger partial charge on any atom is 0.220 e.